The highest BCUT2D eigenvalue weighted by molar-refractivity contribution is 5.99. The summed E-state index contributed by atoms with van der Waals surface area (Å²) in [6.45, 7) is 3.10. The van der Waals surface area contributed by atoms with Crippen LogP contribution in [0.1, 0.15) is 27.9 Å². The maximum absolute atomic E-state index is 13.2. The topological polar surface area (TPSA) is 43.1 Å². The zero-order chi connectivity index (χ0) is 11.6. The molecule has 0 bridgehead atoms. The molecule has 0 aromatic heterocycles. The number of hydrogen-bond donors (Lipinski definition) is 1. The molecule has 1 aromatic rings. The summed E-state index contributed by atoms with van der Waals surface area (Å²) in [5.41, 5.74) is 5.73. The van der Waals surface area contributed by atoms with E-state index in [0.29, 0.717) is 0 Å². The Kier molecular flexibility index (Phi) is 3.52. The Bertz CT molecular complexity index is 376. The van der Waals surface area contributed by atoms with Gasteiger partial charge >= 0.3 is 0 Å². The SMILES string of the molecule is Cc1c(F)cc(F)c(C)c1C(=O)CCN. The van der Waals surface area contributed by atoms with E-state index in [-0.39, 0.29) is 35.4 Å². The lowest BCUT2D eigenvalue weighted by Gasteiger charge is -2.10. The summed E-state index contributed by atoms with van der Waals surface area (Å²) in [5, 5.41) is 0. The predicted octanol–water partition coefficient (Wildman–Crippen LogP) is 2.11. The second-order valence-electron chi connectivity index (χ2n) is 3.43. The number of Topliss-reactive ketones (excluding diaryl/α,β-unsaturated/α-hetero) is 1. The molecule has 0 spiro atoms. The summed E-state index contributed by atoms with van der Waals surface area (Å²) in [7, 11) is 0. The van der Waals surface area contributed by atoms with Gasteiger partial charge in [0.2, 0.25) is 0 Å². The van der Waals surface area contributed by atoms with Crippen molar-refractivity contribution in [2.75, 3.05) is 6.54 Å². The van der Waals surface area contributed by atoms with Crippen LogP contribution in [0.4, 0.5) is 8.78 Å². The maximum Gasteiger partial charge on any atom is 0.164 e. The standard InChI is InChI=1S/C11H13F2NO/c1-6-8(12)5-9(13)7(2)11(6)10(15)3-4-14/h5H,3-4,14H2,1-2H3. The monoisotopic (exact) mass is 213 g/mol. The summed E-state index contributed by atoms with van der Waals surface area (Å²) in [4.78, 5) is 11.6. The second-order valence-corrected chi connectivity index (χ2v) is 3.43. The molecule has 1 rings (SSSR count). The number of rotatable bonds is 3. The molecule has 0 aliphatic carbocycles. The number of hydrogen-bond acceptors (Lipinski definition) is 2. The number of nitrogens with two attached hydrogens (primary N) is 1. The van der Waals surface area contributed by atoms with Crippen LogP contribution in [0, 0.1) is 25.5 Å². The van der Waals surface area contributed by atoms with Gasteiger partial charge in [0.25, 0.3) is 0 Å². The summed E-state index contributed by atoms with van der Waals surface area (Å²) in [6.07, 6.45) is 0.102. The van der Waals surface area contributed by atoms with Crippen molar-refractivity contribution >= 4 is 5.78 Å². The molecule has 0 aliphatic heterocycles. The van der Waals surface area contributed by atoms with Gasteiger partial charge in [-0.2, -0.15) is 0 Å². The van der Waals surface area contributed by atoms with E-state index in [4.69, 9.17) is 5.73 Å². The van der Waals surface area contributed by atoms with E-state index in [1.165, 1.54) is 13.8 Å². The van der Waals surface area contributed by atoms with Crippen LogP contribution in [-0.4, -0.2) is 12.3 Å². The fourth-order valence-corrected chi connectivity index (χ4v) is 1.52. The highest BCUT2D eigenvalue weighted by Gasteiger charge is 2.17. The minimum atomic E-state index is -0.696. The zero-order valence-electron chi connectivity index (χ0n) is 8.73. The number of carbonyl (C=O) groups excluding carboxylic acids is 1. The predicted molar refractivity (Wildman–Crippen MR) is 53.8 cm³/mol. The van der Waals surface area contributed by atoms with Gasteiger partial charge in [0.15, 0.2) is 5.78 Å². The molecule has 2 N–H and O–H groups in total. The molecule has 0 unspecified atom stereocenters. The Labute approximate surface area is 87.1 Å². The normalized spacial score (nSPS) is 10.5. The molecule has 82 valence electrons. The lowest BCUT2D eigenvalue weighted by atomic mass is 9.96. The Morgan fingerprint density at radius 1 is 1.27 bits per heavy atom. The van der Waals surface area contributed by atoms with Crippen LogP contribution in [0.25, 0.3) is 0 Å². The summed E-state index contributed by atoms with van der Waals surface area (Å²) in [5.74, 6) is -1.71. The molecule has 0 radical (unpaired) electrons. The lowest BCUT2D eigenvalue weighted by molar-refractivity contribution is 0.0983. The van der Waals surface area contributed by atoms with E-state index in [1.807, 2.05) is 0 Å². The summed E-state index contributed by atoms with van der Waals surface area (Å²) < 4.78 is 26.4. The third kappa shape index (κ3) is 2.21. The Hall–Kier alpha value is -1.29. The summed E-state index contributed by atoms with van der Waals surface area (Å²) in [6, 6.07) is 0.796. The van der Waals surface area contributed by atoms with Crippen molar-refractivity contribution in [3.05, 3.63) is 34.4 Å². The molecule has 0 atom stereocenters. The average Bonchev–Trinajstić information content (AvgIpc) is 2.16. The third-order valence-electron chi connectivity index (χ3n) is 2.37. The first-order chi connectivity index (χ1) is 6.99. The van der Waals surface area contributed by atoms with E-state index in [2.05, 4.69) is 0 Å². The molecule has 4 heteroatoms. The fraction of sp³-hybridized carbons (Fsp3) is 0.364. The number of benzene rings is 1. The molecule has 0 fully saturated rings. The van der Waals surface area contributed by atoms with E-state index in [9.17, 15) is 13.6 Å². The third-order valence-corrected chi connectivity index (χ3v) is 2.37. The highest BCUT2D eigenvalue weighted by Crippen LogP contribution is 2.21. The van der Waals surface area contributed by atoms with Crippen LogP contribution < -0.4 is 5.73 Å². The van der Waals surface area contributed by atoms with Crippen LogP contribution in [0.3, 0.4) is 0 Å². The van der Waals surface area contributed by atoms with Crippen LogP contribution >= 0.6 is 0 Å². The molecular formula is C11H13F2NO. The van der Waals surface area contributed by atoms with Gasteiger partial charge in [-0.05, 0) is 31.5 Å². The molecular weight excluding hydrogens is 200 g/mol. The first-order valence-electron chi connectivity index (χ1n) is 4.67. The minimum absolute atomic E-state index is 0.102. The van der Waals surface area contributed by atoms with Crippen LogP contribution in [0.2, 0.25) is 0 Å². The van der Waals surface area contributed by atoms with Crippen molar-refractivity contribution in [1.82, 2.24) is 0 Å². The molecule has 0 aliphatic rings. The first kappa shape index (κ1) is 11.8. The van der Waals surface area contributed by atoms with Crippen LogP contribution in [0.5, 0.6) is 0 Å². The van der Waals surface area contributed by atoms with Gasteiger partial charge in [-0.25, -0.2) is 8.78 Å². The zero-order valence-corrected chi connectivity index (χ0v) is 8.73. The van der Waals surface area contributed by atoms with Crippen molar-refractivity contribution in [1.29, 1.82) is 0 Å². The molecule has 2 nitrogen and oxygen atoms in total. The van der Waals surface area contributed by atoms with Crippen molar-refractivity contribution in [3.63, 3.8) is 0 Å². The average molecular weight is 213 g/mol. The Morgan fingerprint density at radius 2 is 1.73 bits per heavy atom. The van der Waals surface area contributed by atoms with E-state index in [0.717, 1.165) is 6.07 Å². The number of carbonyl (C=O) groups is 1. The molecule has 1 aromatic carbocycles. The van der Waals surface area contributed by atoms with E-state index < -0.39 is 11.6 Å². The Morgan fingerprint density at radius 3 is 2.13 bits per heavy atom. The molecule has 0 saturated carbocycles. The molecule has 0 amide bonds. The van der Waals surface area contributed by atoms with Gasteiger partial charge in [0.05, 0.1) is 0 Å². The van der Waals surface area contributed by atoms with Crippen LogP contribution in [-0.2, 0) is 0 Å². The highest BCUT2D eigenvalue weighted by atomic mass is 19.1. The summed E-state index contributed by atoms with van der Waals surface area (Å²) >= 11 is 0. The minimum Gasteiger partial charge on any atom is -0.330 e. The molecule has 0 saturated heterocycles. The van der Waals surface area contributed by atoms with Gasteiger partial charge in [0.1, 0.15) is 11.6 Å². The first-order valence-corrected chi connectivity index (χ1v) is 4.67. The fourth-order valence-electron chi connectivity index (χ4n) is 1.52. The second kappa shape index (κ2) is 4.49. The van der Waals surface area contributed by atoms with E-state index in [1.54, 1.807) is 0 Å². The molecule has 0 heterocycles. The van der Waals surface area contributed by atoms with E-state index >= 15 is 0 Å². The van der Waals surface area contributed by atoms with Crippen molar-refractivity contribution in [3.8, 4) is 0 Å². The molecule has 15 heavy (non-hydrogen) atoms. The number of ketones is 1. The Balaban J connectivity index is 3.32. The quantitative estimate of drug-likeness (QED) is 0.781. The van der Waals surface area contributed by atoms with Gasteiger partial charge in [-0.3, -0.25) is 4.79 Å². The van der Waals surface area contributed by atoms with Gasteiger partial charge in [0, 0.05) is 18.1 Å². The smallest absolute Gasteiger partial charge is 0.164 e. The van der Waals surface area contributed by atoms with Crippen molar-refractivity contribution in [2.45, 2.75) is 20.3 Å². The van der Waals surface area contributed by atoms with Gasteiger partial charge < -0.3 is 5.73 Å². The number of halogens is 2. The van der Waals surface area contributed by atoms with Crippen molar-refractivity contribution in [2.24, 2.45) is 5.73 Å². The van der Waals surface area contributed by atoms with Crippen LogP contribution in [0.15, 0.2) is 6.07 Å². The van der Waals surface area contributed by atoms with Gasteiger partial charge in [-0.15, -0.1) is 0 Å². The largest absolute Gasteiger partial charge is 0.330 e. The van der Waals surface area contributed by atoms with Gasteiger partial charge in [-0.1, -0.05) is 0 Å². The van der Waals surface area contributed by atoms with Crippen molar-refractivity contribution < 1.29 is 13.6 Å². The lowest BCUT2D eigenvalue weighted by Crippen LogP contribution is -2.12. The maximum atomic E-state index is 13.2.